The zero-order chi connectivity index (χ0) is 11.1. The maximum atomic E-state index is 11.4. The van der Waals surface area contributed by atoms with Gasteiger partial charge in [0.2, 0.25) is 0 Å². The van der Waals surface area contributed by atoms with E-state index in [4.69, 9.17) is 11.6 Å². The SMILES string of the molecule is C=CCCCCCn1cnc(Cl)cc1=O. The van der Waals surface area contributed by atoms with E-state index < -0.39 is 0 Å². The topological polar surface area (TPSA) is 34.9 Å². The highest BCUT2D eigenvalue weighted by molar-refractivity contribution is 6.29. The molecule has 0 saturated heterocycles. The van der Waals surface area contributed by atoms with Crippen LogP contribution in [0.5, 0.6) is 0 Å². The fourth-order valence-corrected chi connectivity index (χ4v) is 1.46. The molecular weight excluding hydrogens is 212 g/mol. The zero-order valence-corrected chi connectivity index (χ0v) is 9.41. The molecule has 1 aromatic rings. The van der Waals surface area contributed by atoms with E-state index in [2.05, 4.69) is 11.6 Å². The Hall–Kier alpha value is -1.09. The molecular formula is C11H15ClN2O. The molecule has 0 fully saturated rings. The molecule has 0 spiro atoms. The lowest BCUT2D eigenvalue weighted by Crippen LogP contribution is -2.19. The molecule has 0 aliphatic heterocycles. The highest BCUT2D eigenvalue weighted by atomic mass is 35.5. The van der Waals surface area contributed by atoms with Crippen LogP contribution in [0.2, 0.25) is 5.15 Å². The van der Waals surface area contributed by atoms with Crippen LogP contribution in [0.4, 0.5) is 0 Å². The fourth-order valence-electron chi connectivity index (χ4n) is 1.32. The van der Waals surface area contributed by atoms with Crippen molar-refractivity contribution in [2.24, 2.45) is 0 Å². The zero-order valence-electron chi connectivity index (χ0n) is 8.66. The first-order valence-corrected chi connectivity index (χ1v) is 5.44. The Bertz CT molecular complexity index is 373. The number of hydrogen-bond donors (Lipinski definition) is 0. The summed E-state index contributed by atoms with van der Waals surface area (Å²) in [5, 5.41) is 0.253. The number of hydrogen-bond acceptors (Lipinski definition) is 2. The summed E-state index contributed by atoms with van der Waals surface area (Å²) in [6.45, 7) is 4.37. The number of unbranched alkanes of at least 4 members (excludes halogenated alkanes) is 3. The minimum Gasteiger partial charge on any atom is -0.299 e. The Morgan fingerprint density at radius 2 is 2.27 bits per heavy atom. The molecule has 1 rings (SSSR count). The van der Waals surface area contributed by atoms with Gasteiger partial charge in [-0.3, -0.25) is 9.36 Å². The number of halogens is 1. The van der Waals surface area contributed by atoms with Gasteiger partial charge in [-0.05, 0) is 19.3 Å². The summed E-state index contributed by atoms with van der Waals surface area (Å²) in [7, 11) is 0. The summed E-state index contributed by atoms with van der Waals surface area (Å²) in [6.07, 6.45) is 7.65. The molecule has 15 heavy (non-hydrogen) atoms. The van der Waals surface area contributed by atoms with Gasteiger partial charge in [0.15, 0.2) is 0 Å². The molecule has 1 aromatic heterocycles. The van der Waals surface area contributed by atoms with Gasteiger partial charge in [-0.1, -0.05) is 24.1 Å². The second-order valence-electron chi connectivity index (χ2n) is 3.38. The van der Waals surface area contributed by atoms with Gasteiger partial charge in [-0.2, -0.15) is 0 Å². The smallest absolute Gasteiger partial charge is 0.254 e. The number of aromatic nitrogens is 2. The second kappa shape index (κ2) is 6.40. The van der Waals surface area contributed by atoms with Crippen LogP contribution < -0.4 is 5.56 Å². The predicted octanol–water partition coefficient (Wildman–Crippen LogP) is 2.64. The van der Waals surface area contributed by atoms with Crippen LogP contribution in [0.3, 0.4) is 0 Å². The third kappa shape index (κ3) is 4.30. The van der Waals surface area contributed by atoms with Crippen LogP contribution >= 0.6 is 11.6 Å². The van der Waals surface area contributed by atoms with E-state index in [0.717, 1.165) is 25.7 Å². The quantitative estimate of drug-likeness (QED) is 0.425. The molecule has 0 N–H and O–H groups in total. The van der Waals surface area contributed by atoms with Crippen LogP contribution in [-0.4, -0.2) is 9.55 Å². The van der Waals surface area contributed by atoms with Gasteiger partial charge in [0.25, 0.3) is 5.56 Å². The van der Waals surface area contributed by atoms with Crippen molar-refractivity contribution < 1.29 is 0 Å². The maximum absolute atomic E-state index is 11.4. The largest absolute Gasteiger partial charge is 0.299 e. The standard InChI is InChI=1S/C11H15ClN2O/c1-2-3-4-5-6-7-14-9-13-10(12)8-11(14)15/h2,8-9H,1,3-7H2. The number of nitrogens with zero attached hydrogens (tertiary/aromatic N) is 2. The van der Waals surface area contributed by atoms with Crippen LogP contribution in [0, 0.1) is 0 Å². The molecule has 0 radical (unpaired) electrons. The van der Waals surface area contributed by atoms with Gasteiger partial charge in [0, 0.05) is 12.6 Å². The van der Waals surface area contributed by atoms with Crippen molar-refractivity contribution in [1.29, 1.82) is 0 Å². The van der Waals surface area contributed by atoms with Crippen LogP contribution in [0.1, 0.15) is 25.7 Å². The first-order chi connectivity index (χ1) is 7.24. The van der Waals surface area contributed by atoms with E-state index in [1.54, 1.807) is 4.57 Å². The molecule has 0 atom stereocenters. The van der Waals surface area contributed by atoms with E-state index in [1.807, 2.05) is 6.08 Å². The van der Waals surface area contributed by atoms with Crippen LogP contribution in [0.15, 0.2) is 29.8 Å². The van der Waals surface area contributed by atoms with Crippen molar-refractivity contribution in [3.05, 3.63) is 40.6 Å². The Labute approximate surface area is 94.4 Å². The summed E-state index contributed by atoms with van der Waals surface area (Å²) in [5.41, 5.74) is -0.0845. The minimum absolute atomic E-state index is 0.0845. The van der Waals surface area contributed by atoms with Crippen molar-refractivity contribution in [2.45, 2.75) is 32.2 Å². The maximum Gasteiger partial charge on any atom is 0.254 e. The summed E-state index contributed by atoms with van der Waals surface area (Å²) < 4.78 is 1.58. The fraction of sp³-hybridized carbons (Fsp3) is 0.455. The molecule has 4 heteroatoms. The summed E-state index contributed by atoms with van der Waals surface area (Å²) in [5.74, 6) is 0. The Kier molecular flexibility index (Phi) is 5.12. The van der Waals surface area contributed by atoms with Gasteiger partial charge in [0.1, 0.15) is 5.15 Å². The highest BCUT2D eigenvalue weighted by Crippen LogP contribution is 2.02. The van der Waals surface area contributed by atoms with E-state index >= 15 is 0 Å². The third-order valence-electron chi connectivity index (χ3n) is 2.15. The Morgan fingerprint density at radius 1 is 1.47 bits per heavy atom. The molecule has 0 aliphatic rings. The summed E-state index contributed by atoms with van der Waals surface area (Å²) >= 11 is 5.58. The van der Waals surface area contributed by atoms with Crippen molar-refractivity contribution in [2.75, 3.05) is 0 Å². The molecule has 0 bridgehead atoms. The van der Waals surface area contributed by atoms with Crippen LogP contribution in [0.25, 0.3) is 0 Å². The average Bonchev–Trinajstić information content (AvgIpc) is 2.20. The van der Waals surface area contributed by atoms with E-state index in [-0.39, 0.29) is 10.7 Å². The van der Waals surface area contributed by atoms with Crippen molar-refractivity contribution in [3.8, 4) is 0 Å². The Balaban J connectivity index is 2.37. The van der Waals surface area contributed by atoms with Gasteiger partial charge in [-0.25, -0.2) is 4.98 Å². The lowest BCUT2D eigenvalue weighted by molar-refractivity contribution is 0.570. The van der Waals surface area contributed by atoms with Gasteiger partial charge >= 0.3 is 0 Å². The summed E-state index contributed by atoms with van der Waals surface area (Å²) in [4.78, 5) is 15.2. The van der Waals surface area contributed by atoms with E-state index in [9.17, 15) is 4.79 Å². The lowest BCUT2D eigenvalue weighted by atomic mass is 10.2. The molecule has 0 unspecified atom stereocenters. The first-order valence-electron chi connectivity index (χ1n) is 5.07. The molecule has 0 aromatic carbocycles. The molecule has 3 nitrogen and oxygen atoms in total. The van der Waals surface area contributed by atoms with E-state index in [0.29, 0.717) is 6.54 Å². The van der Waals surface area contributed by atoms with Crippen molar-refractivity contribution in [3.63, 3.8) is 0 Å². The third-order valence-corrected chi connectivity index (χ3v) is 2.36. The van der Waals surface area contributed by atoms with E-state index in [1.165, 1.54) is 12.4 Å². The molecule has 1 heterocycles. The highest BCUT2D eigenvalue weighted by Gasteiger charge is 1.97. The van der Waals surface area contributed by atoms with Crippen LogP contribution in [-0.2, 0) is 6.54 Å². The first kappa shape index (κ1) is 12.0. The normalized spacial score (nSPS) is 10.2. The lowest BCUT2D eigenvalue weighted by Gasteiger charge is -2.03. The summed E-state index contributed by atoms with van der Waals surface area (Å²) in [6, 6.07) is 1.34. The van der Waals surface area contributed by atoms with Gasteiger partial charge < -0.3 is 0 Å². The number of rotatable bonds is 6. The number of allylic oxidation sites excluding steroid dienone is 1. The predicted molar refractivity (Wildman–Crippen MR) is 62.2 cm³/mol. The Morgan fingerprint density at radius 3 is 2.93 bits per heavy atom. The minimum atomic E-state index is -0.0845. The molecule has 0 aliphatic carbocycles. The monoisotopic (exact) mass is 226 g/mol. The van der Waals surface area contributed by atoms with Crippen molar-refractivity contribution >= 4 is 11.6 Å². The molecule has 0 saturated carbocycles. The van der Waals surface area contributed by atoms with Gasteiger partial charge in [-0.15, -0.1) is 6.58 Å². The average molecular weight is 227 g/mol. The number of aryl methyl sites for hydroxylation is 1. The second-order valence-corrected chi connectivity index (χ2v) is 3.77. The van der Waals surface area contributed by atoms with Crippen molar-refractivity contribution in [1.82, 2.24) is 9.55 Å². The molecule has 0 amide bonds. The van der Waals surface area contributed by atoms with Gasteiger partial charge in [0.05, 0.1) is 6.33 Å². The molecule has 82 valence electrons.